The number of amides is 2. The second-order valence-electron chi connectivity index (χ2n) is 9.15. The van der Waals surface area contributed by atoms with Gasteiger partial charge in [-0.2, -0.15) is 0 Å². The van der Waals surface area contributed by atoms with Crippen LogP contribution >= 0.6 is 23.2 Å². The van der Waals surface area contributed by atoms with Gasteiger partial charge >= 0.3 is 0 Å². The van der Waals surface area contributed by atoms with Crippen LogP contribution in [-0.2, 0) is 26.2 Å². The van der Waals surface area contributed by atoms with Crippen LogP contribution in [-0.4, -0.2) is 44.3 Å². The number of nitrogens with one attached hydrogen (secondary N) is 1. The van der Waals surface area contributed by atoms with Crippen LogP contribution < -0.4 is 9.62 Å². The fourth-order valence-electron chi connectivity index (χ4n) is 4.07. The molecule has 0 radical (unpaired) electrons. The quantitative estimate of drug-likeness (QED) is 0.288. The molecule has 0 heterocycles. The lowest BCUT2D eigenvalue weighted by Crippen LogP contribution is -2.52. The van der Waals surface area contributed by atoms with Gasteiger partial charge in [0.2, 0.25) is 11.8 Å². The van der Waals surface area contributed by atoms with Crippen molar-refractivity contribution in [1.29, 1.82) is 0 Å². The van der Waals surface area contributed by atoms with Gasteiger partial charge < -0.3 is 10.2 Å². The van der Waals surface area contributed by atoms with Crippen LogP contribution in [0.3, 0.4) is 0 Å². The van der Waals surface area contributed by atoms with Crippen LogP contribution in [0.25, 0.3) is 0 Å². The molecule has 0 bridgehead atoms. The first kappa shape index (κ1) is 30.5. The summed E-state index contributed by atoms with van der Waals surface area (Å²) in [7, 11) is -4.19. The van der Waals surface area contributed by atoms with Crippen LogP contribution in [0.4, 0.5) is 5.69 Å². The van der Waals surface area contributed by atoms with Crippen molar-refractivity contribution in [3.8, 4) is 0 Å². The maximum absolute atomic E-state index is 14.0. The Balaban J connectivity index is 2.06. The van der Waals surface area contributed by atoms with Crippen LogP contribution in [0.5, 0.6) is 0 Å². The van der Waals surface area contributed by atoms with Crippen LogP contribution in [0, 0.1) is 6.92 Å². The van der Waals surface area contributed by atoms with E-state index in [2.05, 4.69) is 5.32 Å². The normalized spacial score (nSPS) is 12.0. The average molecular weight is 591 g/mol. The van der Waals surface area contributed by atoms with E-state index in [-0.39, 0.29) is 33.1 Å². The number of rotatable bonds is 12. The summed E-state index contributed by atoms with van der Waals surface area (Å²) < 4.78 is 28.8. The summed E-state index contributed by atoms with van der Waals surface area (Å²) in [4.78, 5) is 28.5. The molecule has 3 rings (SSSR count). The molecule has 0 aromatic heterocycles. The molecule has 1 atom stereocenters. The summed E-state index contributed by atoms with van der Waals surface area (Å²) in [6.07, 6.45) is 1.10. The molecule has 1 N–H and O–H groups in total. The Morgan fingerprint density at radius 1 is 0.923 bits per heavy atom. The third-order valence-electron chi connectivity index (χ3n) is 6.21. The molecule has 2 amide bonds. The Labute approximate surface area is 240 Å². The zero-order valence-electron chi connectivity index (χ0n) is 22.2. The first-order chi connectivity index (χ1) is 18.6. The van der Waals surface area contributed by atoms with Gasteiger partial charge in [-0.3, -0.25) is 13.9 Å². The number of hydrogen-bond acceptors (Lipinski definition) is 4. The monoisotopic (exact) mass is 589 g/mol. The molecule has 208 valence electrons. The largest absolute Gasteiger partial charge is 0.354 e. The maximum Gasteiger partial charge on any atom is 0.264 e. The van der Waals surface area contributed by atoms with Gasteiger partial charge in [0.25, 0.3) is 10.0 Å². The number of nitrogens with zero attached hydrogens (tertiary/aromatic N) is 2. The molecule has 1 unspecified atom stereocenters. The van der Waals surface area contributed by atoms with E-state index < -0.39 is 28.5 Å². The molecule has 0 fully saturated rings. The Morgan fingerprint density at radius 2 is 1.59 bits per heavy atom. The zero-order valence-corrected chi connectivity index (χ0v) is 24.6. The van der Waals surface area contributed by atoms with E-state index in [4.69, 9.17) is 23.2 Å². The molecule has 0 spiro atoms. The van der Waals surface area contributed by atoms with Crippen molar-refractivity contribution in [3.63, 3.8) is 0 Å². The van der Waals surface area contributed by atoms with Crippen molar-refractivity contribution < 1.29 is 18.0 Å². The van der Waals surface area contributed by atoms with E-state index in [0.717, 1.165) is 21.9 Å². The van der Waals surface area contributed by atoms with Gasteiger partial charge in [-0.15, -0.1) is 0 Å². The highest BCUT2D eigenvalue weighted by atomic mass is 35.5. The van der Waals surface area contributed by atoms with E-state index >= 15 is 0 Å². The van der Waals surface area contributed by atoms with Gasteiger partial charge in [-0.25, -0.2) is 8.42 Å². The molecule has 0 saturated heterocycles. The Hall–Kier alpha value is -3.07. The van der Waals surface area contributed by atoms with E-state index in [9.17, 15) is 18.0 Å². The molecule has 39 heavy (non-hydrogen) atoms. The van der Waals surface area contributed by atoms with Gasteiger partial charge in [0.15, 0.2) is 0 Å². The first-order valence-corrected chi connectivity index (χ1v) is 14.9. The average Bonchev–Trinajstić information content (AvgIpc) is 2.92. The minimum atomic E-state index is -4.19. The number of benzene rings is 3. The lowest BCUT2D eigenvalue weighted by molar-refractivity contribution is -0.140. The number of sulfonamides is 1. The predicted molar refractivity (Wildman–Crippen MR) is 157 cm³/mol. The SMILES string of the molecule is CCCNC(=O)C(CC)N(Cc1ccccc1)C(=O)CN(c1ccc(Cl)c(Cl)c1)S(=O)(=O)c1ccc(C)cc1. The standard InChI is InChI=1S/C29H33Cl2N3O4S/c1-4-17-32-29(36)27(5-2)33(19-22-9-7-6-8-10-22)28(35)20-34(23-13-16-25(30)26(31)18-23)39(37,38)24-14-11-21(3)12-15-24/h6-16,18,27H,4-5,17,19-20H2,1-3H3,(H,32,36). The van der Waals surface area contributed by atoms with Crippen molar-refractivity contribution in [1.82, 2.24) is 10.2 Å². The molecular weight excluding hydrogens is 557 g/mol. The molecule has 3 aromatic rings. The number of carbonyl (C=O) groups is 2. The summed E-state index contributed by atoms with van der Waals surface area (Å²) >= 11 is 12.3. The fourth-order valence-corrected chi connectivity index (χ4v) is 5.77. The van der Waals surface area contributed by atoms with Crippen molar-refractivity contribution in [2.75, 3.05) is 17.4 Å². The van der Waals surface area contributed by atoms with Crippen molar-refractivity contribution >= 4 is 50.7 Å². The second-order valence-corrected chi connectivity index (χ2v) is 11.8. The molecule has 7 nitrogen and oxygen atoms in total. The summed E-state index contributed by atoms with van der Waals surface area (Å²) in [5.41, 5.74) is 1.89. The lowest BCUT2D eigenvalue weighted by Gasteiger charge is -2.33. The van der Waals surface area contributed by atoms with Gasteiger partial charge in [-0.05, 0) is 55.7 Å². The summed E-state index contributed by atoms with van der Waals surface area (Å²) in [5, 5.41) is 3.27. The molecule has 0 aliphatic carbocycles. The second kappa shape index (κ2) is 13.8. The minimum Gasteiger partial charge on any atom is -0.354 e. The van der Waals surface area contributed by atoms with E-state index in [1.54, 1.807) is 12.1 Å². The summed E-state index contributed by atoms with van der Waals surface area (Å²) in [5.74, 6) is -0.815. The maximum atomic E-state index is 14.0. The minimum absolute atomic E-state index is 0.0225. The van der Waals surface area contributed by atoms with Crippen LogP contribution in [0.1, 0.15) is 37.8 Å². The number of aryl methyl sites for hydroxylation is 1. The molecule has 0 aliphatic rings. The fraction of sp³-hybridized carbons (Fsp3) is 0.310. The molecular formula is C29H33Cl2N3O4S. The van der Waals surface area contributed by atoms with Crippen molar-refractivity contribution in [2.24, 2.45) is 0 Å². The Morgan fingerprint density at radius 3 is 2.18 bits per heavy atom. The molecule has 10 heteroatoms. The van der Waals surface area contributed by atoms with E-state index in [1.807, 2.05) is 51.1 Å². The highest BCUT2D eigenvalue weighted by molar-refractivity contribution is 7.92. The third-order valence-corrected chi connectivity index (χ3v) is 8.74. The van der Waals surface area contributed by atoms with Crippen molar-refractivity contribution in [3.05, 3.63) is 94.0 Å². The highest BCUT2D eigenvalue weighted by Gasteiger charge is 2.33. The van der Waals surface area contributed by atoms with Crippen molar-refractivity contribution in [2.45, 2.75) is 51.1 Å². The number of anilines is 1. The van der Waals surface area contributed by atoms with Gasteiger partial charge in [0.1, 0.15) is 12.6 Å². The first-order valence-electron chi connectivity index (χ1n) is 12.7. The van der Waals surface area contributed by atoms with Crippen LogP contribution in [0.2, 0.25) is 10.0 Å². The van der Waals surface area contributed by atoms with Gasteiger partial charge in [0, 0.05) is 13.1 Å². The molecule has 0 saturated carbocycles. The summed E-state index contributed by atoms with van der Waals surface area (Å²) in [6.45, 7) is 5.68. The Kier molecular flexibility index (Phi) is 10.8. The smallest absolute Gasteiger partial charge is 0.264 e. The lowest BCUT2D eigenvalue weighted by atomic mass is 10.1. The molecule has 0 aliphatic heterocycles. The third kappa shape index (κ3) is 7.75. The highest BCUT2D eigenvalue weighted by Crippen LogP contribution is 2.31. The van der Waals surface area contributed by atoms with E-state index in [0.29, 0.717) is 13.0 Å². The van der Waals surface area contributed by atoms with E-state index in [1.165, 1.54) is 35.2 Å². The van der Waals surface area contributed by atoms with Gasteiger partial charge in [-0.1, -0.05) is 85.1 Å². The topological polar surface area (TPSA) is 86.8 Å². The number of carbonyl (C=O) groups excluding carboxylic acids is 2. The number of halogens is 2. The predicted octanol–water partition coefficient (Wildman–Crippen LogP) is 5.83. The Bertz CT molecular complexity index is 1380. The van der Waals surface area contributed by atoms with Crippen LogP contribution in [0.15, 0.2) is 77.7 Å². The van der Waals surface area contributed by atoms with Gasteiger partial charge in [0.05, 0.1) is 20.6 Å². The summed E-state index contributed by atoms with van der Waals surface area (Å²) in [6, 6.07) is 19.2. The molecule has 3 aromatic carbocycles. The number of hydrogen-bond donors (Lipinski definition) is 1. The zero-order chi connectivity index (χ0) is 28.6.